The molecule has 114 valence electrons. The van der Waals surface area contributed by atoms with Crippen molar-refractivity contribution in [3.8, 4) is 0 Å². The molecular weight excluding hydrogens is 296 g/mol. The molecule has 2 aliphatic heterocycles. The third-order valence-electron chi connectivity index (χ3n) is 5.42. The summed E-state index contributed by atoms with van der Waals surface area (Å²) < 4.78 is 0. The van der Waals surface area contributed by atoms with Gasteiger partial charge in [-0.05, 0) is 30.4 Å². The molecule has 4 aliphatic rings. The molecular formula is C17H12N2O4. The summed E-state index contributed by atoms with van der Waals surface area (Å²) >= 11 is 0. The number of fused-ring (bicyclic) bond motifs is 6. The maximum Gasteiger partial charge on any atom is 0.281 e. The number of nitrogens with zero attached hydrogens (tertiary/aromatic N) is 2. The normalized spacial score (nSPS) is 33.9. The van der Waals surface area contributed by atoms with Crippen LogP contribution in [0.5, 0.6) is 0 Å². The number of imide groups is 2. The third kappa shape index (κ3) is 1.34. The molecule has 1 aromatic rings. The maximum atomic E-state index is 12.7. The molecule has 2 aliphatic carbocycles. The van der Waals surface area contributed by atoms with Gasteiger partial charge in [-0.15, -0.1) is 0 Å². The molecule has 0 aromatic heterocycles. The SMILES string of the molecule is O=C1c2ccccc2C(=O)N1N1C(=O)[C@@H]2[C@H](C1=O)[C@@H]1C=C[C@H]2C1. The average molecular weight is 308 g/mol. The molecule has 1 saturated carbocycles. The van der Waals surface area contributed by atoms with Crippen LogP contribution in [0, 0.1) is 23.7 Å². The minimum atomic E-state index is -0.604. The van der Waals surface area contributed by atoms with E-state index in [1.54, 1.807) is 12.1 Å². The van der Waals surface area contributed by atoms with Crippen molar-refractivity contribution in [1.82, 2.24) is 10.0 Å². The zero-order chi connectivity index (χ0) is 15.9. The van der Waals surface area contributed by atoms with E-state index in [0.29, 0.717) is 0 Å². The quantitative estimate of drug-likeness (QED) is 0.573. The zero-order valence-electron chi connectivity index (χ0n) is 12.0. The number of rotatable bonds is 1. The van der Waals surface area contributed by atoms with E-state index in [1.165, 1.54) is 12.1 Å². The predicted octanol–water partition coefficient (Wildman–Crippen LogP) is 1.00. The summed E-state index contributed by atoms with van der Waals surface area (Å²) in [5.74, 6) is -2.83. The summed E-state index contributed by atoms with van der Waals surface area (Å²) in [6.07, 6.45) is 4.76. The van der Waals surface area contributed by atoms with Gasteiger partial charge in [0.2, 0.25) is 0 Å². The van der Waals surface area contributed by atoms with Crippen LogP contribution < -0.4 is 0 Å². The fourth-order valence-corrected chi connectivity index (χ4v) is 4.44. The van der Waals surface area contributed by atoms with Crippen LogP contribution in [0.25, 0.3) is 0 Å². The lowest BCUT2D eigenvalue weighted by Crippen LogP contribution is -2.50. The second-order valence-corrected chi connectivity index (χ2v) is 6.46. The Bertz CT molecular complexity index is 778. The number of hydrogen-bond donors (Lipinski definition) is 0. The predicted molar refractivity (Wildman–Crippen MR) is 76.5 cm³/mol. The Morgan fingerprint density at radius 3 is 1.70 bits per heavy atom. The van der Waals surface area contributed by atoms with Crippen LogP contribution in [0.3, 0.4) is 0 Å². The standard InChI is InChI=1S/C17H12N2O4/c20-14-10-3-1-2-4-11(10)15(21)18(14)19-16(22)12-8-5-6-9(7-8)13(12)17(19)23/h1-6,8-9,12-13H,7H2/t8-,9+,12-,13+. The van der Waals surface area contributed by atoms with Crippen LogP contribution >= 0.6 is 0 Å². The Morgan fingerprint density at radius 1 is 0.739 bits per heavy atom. The van der Waals surface area contributed by atoms with Crippen LogP contribution in [-0.2, 0) is 9.59 Å². The lowest BCUT2D eigenvalue weighted by atomic mass is 9.85. The van der Waals surface area contributed by atoms with Crippen molar-refractivity contribution < 1.29 is 19.2 Å². The first kappa shape index (κ1) is 12.8. The third-order valence-corrected chi connectivity index (χ3v) is 5.42. The maximum absolute atomic E-state index is 12.7. The monoisotopic (exact) mass is 308 g/mol. The highest BCUT2D eigenvalue weighted by atomic mass is 16.2. The first-order valence-electron chi connectivity index (χ1n) is 7.63. The Balaban J connectivity index is 1.57. The van der Waals surface area contributed by atoms with Crippen LogP contribution in [0.2, 0.25) is 0 Å². The molecule has 0 unspecified atom stereocenters. The largest absolute Gasteiger partial charge is 0.281 e. The van der Waals surface area contributed by atoms with Gasteiger partial charge in [-0.3, -0.25) is 19.2 Å². The van der Waals surface area contributed by atoms with Crippen LogP contribution in [0.15, 0.2) is 36.4 Å². The summed E-state index contributed by atoms with van der Waals surface area (Å²) in [5.41, 5.74) is 0.465. The topological polar surface area (TPSA) is 74.8 Å². The molecule has 2 bridgehead atoms. The molecule has 2 fully saturated rings. The van der Waals surface area contributed by atoms with Gasteiger partial charge in [-0.1, -0.05) is 24.3 Å². The van der Waals surface area contributed by atoms with Gasteiger partial charge in [0.1, 0.15) is 0 Å². The Labute approximate surface area is 131 Å². The highest BCUT2D eigenvalue weighted by Gasteiger charge is 2.62. The van der Waals surface area contributed by atoms with Gasteiger partial charge in [0.15, 0.2) is 0 Å². The van der Waals surface area contributed by atoms with Gasteiger partial charge in [0, 0.05) is 0 Å². The molecule has 0 radical (unpaired) electrons. The van der Waals surface area contributed by atoms with E-state index in [1.807, 2.05) is 12.2 Å². The number of carbonyl (C=O) groups is 4. The molecule has 4 atom stereocenters. The molecule has 2 heterocycles. The highest BCUT2D eigenvalue weighted by Crippen LogP contribution is 2.53. The average Bonchev–Trinajstić information content (AvgIpc) is 3.28. The van der Waals surface area contributed by atoms with Crippen molar-refractivity contribution in [2.24, 2.45) is 23.7 Å². The molecule has 4 amide bonds. The number of benzene rings is 1. The van der Waals surface area contributed by atoms with E-state index in [-0.39, 0.29) is 23.0 Å². The Hall–Kier alpha value is -2.76. The van der Waals surface area contributed by atoms with E-state index in [2.05, 4.69) is 0 Å². The van der Waals surface area contributed by atoms with Crippen molar-refractivity contribution in [2.45, 2.75) is 6.42 Å². The molecule has 5 rings (SSSR count). The summed E-state index contributed by atoms with van der Waals surface area (Å²) in [7, 11) is 0. The molecule has 0 N–H and O–H groups in total. The molecule has 6 nitrogen and oxygen atoms in total. The second kappa shape index (κ2) is 3.95. The van der Waals surface area contributed by atoms with Gasteiger partial charge < -0.3 is 0 Å². The van der Waals surface area contributed by atoms with Gasteiger partial charge in [-0.2, -0.15) is 10.0 Å². The lowest BCUT2D eigenvalue weighted by molar-refractivity contribution is -0.152. The number of carbonyl (C=O) groups excluding carboxylic acids is 4. The summed E-state index contributed by atoms with van der Waals surface area (Å²) in [4.78, 5) is 50.5. The van der Waals surface area contributed by atoms with Crippen molar-refractivity contribution in [2.75, 3.05) is 0 Å². The second-order valence-electron chi connectivity index (χ2n) is 6.46. The summed E-state index contributed by atoms with van der Waals surface area (Å²) in [6, 6.07) is 6.37. The van der Waals surface area contributed by atoms with Gasteiger partial charge in [0.25, 0.3) is 23.6 Å². The van der Waals surface area contributed by atoms with Gasteiger partial charge in [0.05, 0.1) is 23.0 Å². The minimum absolute atomic E-state index is 0.0432. The van der Waals surface area contributed by atoms with Crippen molar-refractivity contribution in [3.63, 3.8) is 0 Å². The molecule has 1 aromatic carbocycles. The smallest absolute Gasteiger partial charge is 0.272 e. The van der Waals surface area contributed by atoms with Crippen LogP contribution in [-0.4, -0.2) is 33.6 Å². The van der Waals surface area contributed by atoms with Gasteiger partial charge >= 0.3 is 0 Å². The number of allylic oxidation sites excluding steroid dienone is 2. The molecule has 0 spiro atoms. The lowest BCUT2D eigenvalue weighted by Gasteiger charge is -2.25. The summed E-state index contributed by atoms with van der Waals surface area (Å²) in [6.45, 7) is 0. The van der Waals surface area contributed by atoms with Gasteiger partial charge in [-0.25, -0.2) is 0 Å². The molecule has 23 heavy (non-hydrogen) atoms. The first-order chi connectivity index (χ1) is 11.1. The molecule has 6 heteroatoms. The van der Waals surface area contributed by atoms with E-state index >= 15 is 0 Å². The minimum Gasteiger partial charge on any atom is -0.272 e. The number of hydrogen-bond acceptors (Lipinski definition) is 4. The molecule has 1 saturated heterocycles. The Kier molecular flexibility index (Phi) is 2.19. The van der Waals surface area contributed by atoms with Crippen LogP contribution in [0.4, 0.5) is 0 Å². The van der Waals surface area contributed by atoms with Crippen molar-refractivity contribution in [1.29, 1.82) is 0 Å². The van der Waals surface area contributed by atoms with E-state index in [4.69, 9.17) is 0 Å². The van der Waals surface area contributed by atoms with Crippen LogP contribution in [0.1, 0.15) is 27.1 Å². The Morgan fingerprint density at radius 2 is 1.22 bits per heavy atom. The van der Waals surface area contributed by atoms with E-state index in [9.17, 15) is 19.2 Å². The van der Waals surface area contributed by atoms with Crippen molar-refractivity contribution >= 4 is 23.6 Å². The van der Waals surface area contributed by atoms with E-state index < -0.39 is 35.5 Å². The van der Waals surface area contributed by atoms with E-state index in [0.717, 1.165) is 16.4 Å². The summed E-state index contributed by atoms with van der Waals surface area (Å²) in [5, 5.41) is 1.53. The number of hydrazine groups is 1. The fourth-order valence-electron chi connectivity index (χ4n) is 4.44. The first-order valence-corrected chi connectivity index (χ1v) is 7.63. The highest BCUT2D eigenvalue weighted by molar-refractivity contribution is 6.24. The fraction of sp³-hybridized carbons (Fsp3) is 0.294. The van der Waals surface area contributed by atoms with Crippen molar-refractivity contribution in [3.05, 3.63) is 47.5 Å². The number of amides is 4. The zero-order valence-corrected chi connectivity index (χ0v) is 12.0.